The largest absolute Gasteiger partial charge is 0.490 e. The maximum atomic E-state index is 6.15. The van der Waals surface area contributed by atoms with Gasteiger partial charge in [0.25, 0.3) is 0 Å². The maximum absolute atomic E-state index is 6.15. The van der Waals surface area contributed by atoms with Crippen molar-refractivity contribution in [1.29, 1.82) is 0 Å². The van der Waals surface area contributed by atoms with Crippen molar-refractivity contribution >= 4 is 16.5 Å². The number of ether oxygens (including phenoxy) is 1. The Hall–Kier alpha value is -1.81. The van der Waals surface area contributed by atoms with Crippen LogP contribution in [0.25, 0.3) is 10.8 Å². The first-order valence-electron chi connectivity index (χ1n) is 6.82. The van der Waals surface area contributed by atoms with E-state index in [2.05, 4.69) is 9.88 Å². The SMILES string of the molecule is Nc1c(OCCN2CCCC2)ccc2cnccc12. The van der Waals surface area contributed by atoms with E-state index < -0.39 is 0 Å². The number of anilines is 1. The Morgan fingerprint density at radius 3 is 2.89 bits per heavy atom. The van der Waals surface area contributed by atoms with Crippen molar-refractivity contribution in [3.05, 3.63) is 30.6 Å². The first-order valence-corrected chi connectivity index (χ1v) is 6.82. The maximum Gasteiger partial charge on any atom is 0.142 e. The molecule has 4 heteroatoms. The van der Waals surface area contributed by atoms with Crippen LogP contribution in [0.4, 0.5) is 5.69 Å². The lowest BCUT2D eigenvalue weighted by atomic mass is 10.1. The highest BCUT2D eigenvalue weighted by atomic mass is 16.5. The van der Waals surface area contributed by atoms with Crippen molar-refractivity contribution in [2.45, 2.75) is 12.8 Å². The molecule has 1 aromatic carbocycles. The van der Waals surface area contributed by atoms with Crippen LogP contribution in [0.3, 0.4) is 0 Å². The van der Waals surface area contributed by atoms with Gasteiger partial charge in [0.1, 0.15) is 12.4 Å². The lowest BCUT2D eigenvalue weighted by Crippen LogP contribution is -2.25. The molecule has 0 unspecified atom stereocenters. The number of benzene rings is 1. The zero-order valence-electron chi connectivity index (χ0n) is 11.0. The molecule has 2 N–H and O–H groups in total. The normalized spacial score (nSPS) is 16.0. The number of nitrogens with two attached hydrogens (primary N) is 1. The summed E-state index contributed by atoms with van der Waals surface area (Å²) in [5.41, 5.74) is 6.86. The number of nitrogens with zero attached hydrogens (tertiary/aromatic N) is 2. The van der Waals surface area contributed by atoms with Crippen molar-refractivity contribution in [3.8, 4) is 5.75 Å². The molecular weight excluding hydrogens is 238 g/mol. The Morgan fingerprint density at radius 2 is 2.05 bits per heavy atom. The van der Waals surface area contributed by atoms with Crippen molar-refractivity contribution in [2.75, 3.05) is 32.0 Å². The summed E-state index contributed by atoms with van der Waals surface area (Å²) >= 11 is 0. The fraction of sp³-hybridized carbons (Fsp3) is 0.400. The van der Waals surface area contributed by atoms with Crippen LogP contribution < -0.4 is 10.5 Å². The second-order valence-electron chi connectivity index (χ2n) is 4.97. The number of hydrogen-bond donors (Lipinski definition) is 1. The van der Waals surface area contributed by atoms with Gasteiger partial charge in [-0.3, -0.25) is 9.88 Å². The zero-order chi connectivity index (χ0) is 13.1. The third-order valence-electron chi connectivity index (χ3n) is 3.69. The molecule has 1 aliphatic rings. The minimum atomic E-state index is 0.695. The molecule has 19 heavy (non-hydrogen) atoms. The first kappa shape index (κ1) is 12.2. The number of pyridine rings is 1. The van der Waals surface area contributed by atoms with E-state index in [9.17, 15) is 0 Å². The molecule has 0 atom stereocenters. The fourth-order valence-electron chi connectivity index (χ4n) is 2.59. The summed E-state index contributed by atoms with van der Waals surface area (Å²) in [6.07, 6.45) is 6.20. The van der Waals surface area contributed by atoms with Crippen LogP contribution in [0.2, 0.25) is 0 Å². The van der Waals surface area contributed by atoms with E-state index in [0.29, 0.717) is 12.3 Å². The summed E-state index contributed by atoms with van der Waals surface area (Å²) in [6.45, 7) is 4.07. The van der Waals surface area contributed by atoms with E-state index in [0.717, 1.165) is 23.1 Å². The smallest absolute Gasteiger partial charge is 0.142 e. The predicted molar refractivity (Wildman–Crippen MR) is 77.3 cm³/mol. The monoisotopic (exact) mass is 257 g/mol. The van der Waals surface area contributed by atoms with Crippen LogP contribution in [0, 0.1) is 0 Å². The van der Waals surface area contributed by atoms with Gasteiger partial charge in [-0.1, -0.05) is 0 Å². The van der Waals surface area contributed by atoms with Crippen LogP contribution in [0.1, 0.15) is 12.8 Å². The van der Waals surface area contributed by atoms with Gasteiger partial charge in [0.2, 0.25) is 0 Å². The quantitative estimate of drug-likeness (QED) is 0.854. The molecule has 0 saturated carbocycles. The summed E-state index contributed by atoms with van der Waals surface area (Å²) in [6, 6.07) is 5.87. The molecule has 2 aromatic rings. The molecule has 3 rings (SSSR count). The molecule has 0 radical (unpaired) electrons. The Kier molecular flexibility index (Phi) is 3.51. The van der Waals surface area contributed by atoms with Gasteiger partial charge in [-0.15, -0.1) is 0 Å². The number of aromatic nitrogens is 1. The standard InChI is InChI=1S/C15H19N3O/c16-15-13-5-6-17-11-12(13)3-4-14(15)19-10-9-18-7-1-2-8-18/h3-6,11H,1-2,7-10,16H2. The van der Waals surface area contributed by atoms with E-state index in [1.165, 1.54) is 25.9 Å². The van der Waals surface area contributed by atoms with Crippen LogP contribution in [0.15, 0.2) is 30.6 Å². The molecule has 1 aliphatic heterocycles. The van der Waals surface area contributed by atoms with E-state index in [-0.39, 0.29) is 0 Å². The van der Waals surface area contributed by atoms with Gasteiger partial charge in [-0.05, 0) is 44.1 Å². The van der Waals surface area contributed by atoms with Gasteiger partial charge < -0.3 is 10.5 Å². The number of nitrogen functional groups attached to an aromatic ring is 1. The average molecular weight is 257 g/mol. The minimum absolute atomic E-state index is 0.695. The van der Waals surface area contributed by atoms with Gasteiger partial charge in [-0.2, -0.15) is 0 Å². The van der Waals surface area contributed by atoms with Crippen LogP contribution in [-0.4, -0.2) is 36.1 Å². The summed E-state index contributed by atoms with van der Waals surface area (Å²) in [7, 11) is 0. The van der Waals surface area contributed by atoms with Crippen LogP contribution >= 0.6 is 0 Å². The Labute approximate surface area is 113 Å². The molecule has 1 fully saturated rings. The predicted octanol–water partition coefficient (Wildman–Crippen LogP) is 2.29. The molecular formula is C15H19N3O. The molecule has 4 nitrogen and oxygen atoms in total. The molecule has 0 bridgehead atoms. The second-order valence-corrected chi connectivity index (χ2v) is 4.97. The summed E-state index contributed by atoms with van der Waals surface area (Å²) in [5, 5.41) is 2.06. The number of rotatable bonds is 4. The Bertz CT molecular complexity index is 564. The van der Waals surface area contributed by atoms with Crippen molar-refractivity contribution < 1.29 is 4.74 Å². The molecule has 100 valence electrons. The molecule has 0 amide bonds. The van der Waals surface area contributed by atoms with Crippen LogP contribution in [0.5, 0.6) is 5.75 Å². The van der Waals surface area contributed by atoms with Gasteiger partial charge in [-0.25, -0.2) is 0 Å². The van der Waals surface area contributed by atoms with E-state index in [1.807, 2.05) is 24.4 Å². The van der Waals surface area contributed by atoms with Crippen molar-refractivity contribution in [3.63, 3.8) is 0 Å². The van der Waals surface area contributed by atoms with Gasteiger partial charge in [0.15, 0.2) is 0 Å². The number of likely N-dealkylation sites (tertiary alicyclic amines) is 1. The topological polar surface area (TPSA) is 51.4 Å². The van der Waals surface area contributed by atoms with E-state index in [1.54, 1.807) is 6.20 Å². The zero-order valence-corrected chi connectivity index (χ0v) is 11.0. The average Bonchev–Trinajstić information content (AvgIpc) is 2.95. The lowest BCUT2D eigenvalue weighted by molar-refractivity contribution is 0.239. The lowest BCUT2D eigenvalue weighted by Gasteiger charge is -2.16. The Balaban J connectivity index is 1.68. The first-order chi connectivity index (χ1) is 9.34. The number of fused-ring (bicyclic) bond motifs is 1. The number of hydrogen-bond acceptors (Lipinski definition) is 4. The molecule has 0 aliphatic carbocycles. The third kappa shape index (κ3) is 2.63. The highest BCUT2D eigenvalue weighted by molar-refractivity contribution is 5.95. The highest BCUT2D eigenvalue weighted by Gasteiger charge is 2.11. The van der Waals surface area contributed by atoms with Crippen molar-refractivity contribution in [2.24, 2.45) is 0 Å². The highest BCUT2D eigenvalue weighted by Crippen LogP contribution is 2.29. The molecule has 1 aromatic heterocycles. The minimum Gasteiger partial charge on any atom is -0.490 e. The fourth-order valence-corrected chi connectivity index (χ4v) is 2.59. The second kappa shape index (κ2) is 5.45. The summed E-state index contributed by atoms with van der Waals surface area (Å²) in [5.74, 6) is 0.776. The van der Waals surface area contributed by atoms with Crippen LogP contribution in [-0.2, 0) is 0 Å². The van der Waals surface area contributed by atoms with Gasteiger partial charge in [0, 0.05) is 29.7 Å². The molecule has 2 heterocycles. The summed E-state index contributed by atoms with van der Waals surface area (Å²) < 4.78 is 5.82. The molecule has 1 saturated heterocycles. The van der Waals surface area contributed by atoms with E-state index in [4.69, 9.17) is 10.5 Å². The molecule has 0 spiro atoms. The summed E-state index contributed by atoms with van der Waals surface area (Å²) in [4.78, 5) is 6.53. The van der Waals surface area contributed by atoms with Gasteiger partial charge in [0.05, 0.1) is 5.69 Å². The van der Waals surface area contributed by atoms with Crippen molar-refractivity contribution in [1.82, 2.24) is 9.88 Å². The van der Waals surface area contributed by atoms with E-state index >= 15 is 0 Å². The third-order valence-corrected chi connectivity index (χ3v) is 3.69. The van der Waals surface area contributed by atoms with Gasteiger partial charge >= 0.3 is 0 Å². The Morgan fingerprint density at radius 1 is 1.21 bits per heavy atom.